The van der Waals surface area contributed by atoms with Crippen LogP contribution >= 0.6 is 11.3 Å². The molecule has 0 aliphatic carbocycles. The lowest BCUT2D eigenvalue weighted by Gasteiger charge is -2.28. The van der Waals surface area contributed by atoms with E-state index in [0.717, 1.165) is 14.6 Å². The van der Waals surface area contributed by atoms with Crippen LogP contribution < -0.4 is 10.5 Å². The van der Waals surface area contributed by atoms with Crippen molar-refractivity contribution in [1.82, 2.24) is 24.3 Å². The van der Waals surface area contributed by atoms with Crippen molar-refractivity contribution in [2.45, 2.75) is 59.3 Å². The van der Waals surface area contributed by atoms with Crippen LogP contribution in [0.5, 0.6) is 0 Å². The van der Waals surface area contributed by atoms with E-state index in [-0.39, 0.29) is 17.9 Å². The Morgan fingerprint density at radius 1 is 1.08 bits per heavy atom. The Kier molecular flexibility index (Phi) is 6.87. The first-order valence-corrected chi connectivity index (χ1v) is 12.7. The lowest BCUT2D eigenvalue weighted by molar-refractivity contribution is 0.0429. The minimum absolute atomic E-state index is 0.000613. The van der Waals surface area contributed by atoms with Crippen LogP contribution in [0.3, 0.4) is 0 Å². The van der Waals surface area contributed by atoms with E-state index in [9.17, 15) is 14.4 Å². The van der Waals surface area contributed by atoms with Gasteiger partial charge in [0.1, 0.15) is 27.5 Å². The topological polar surface area (TPSA) is 121 Å². The number of amides is 2. The Hall–Kier alpha value is -4.06. The molecular formula is C26H30N6O5S. The second kappa shape index (κ2) is 9.67. The molecule has 0 atom stereocenters. The Morgan fingerprint density at radius 2 is 1.71 bits per heavy atom. The van der Waals surface area contributed by atoms with Crippen LogP contribution in [-0.4, -0.2) is 47.7 Å². The van der Waals surface area contributed by atoms with Crippen molar-refractivity contribution in [3.63, 3.8) is 0 Å². The van der Waals surface area contributed by atoms with E-state index in [2.05, 4.69) is 21.6 Å². The number of anilines is 1. The fourth-order valence-corrected chi connectivity index (χ4v) is 4.67. The Balaban J connectivity index is 1.71. The van der Waals surface area contributed by atoms with Gasteiger partial charge in [-0.05, 0) is 59.8 Å². The van der Waals surface area contributed by atoms with Gasteiger partial charge in [-0.15, -0.1) is 11.3 Å². The van der Waals surface area contributed by atoms with Crippen molar-refractivity contribution in [3.05, 3.63) is 52.0 Å². The van der Waals surface area contributed by atoms with Crippen LogP contribution in [0.25, 0.3) is 27.3 Å². The number of imide groups is 1. The van der Waals surface area contributed by atoms with E-state index in [1.165, 1.54) is 22.1 Å². The van der Waals surface area contributed by atoms with Gasteiger partial charge in [0.25, 0.3) is 5.56 Å². The molecule has 4 heterocycles. The Bertz CT molecular complexity index is 1590. The third-order valence-electron chi connectivity index (χ3n) is 5.20. The van der Waals surface area contributed by atoms with Gasteiger partial charge in [-0.2, -0.15) is 10.00 Å². The Morgan fingerprint density at radius 3 is 2.29 bits per heavy atom. The summed E-state index contributed by atoms with van der Waals surface area (Å²) in [5.74, 6) is 0.000613. The van der Waals surface area contributed by atoms with Gasteiger partial charge in [-0.25, -0.2) is 24.2 Å². The summed E-state index contributed by atoms with van der Waals surface area (Å²) < 4.78 is 14.7. The molecule has 0 unspecified atom stereocenters. The first kappa shape index (κ1) is 27.0. The third-order valence-corrected chi connectivity index (χ3v) is 6.28. The van der Waals surface area contributed by atoms with Gasteiger partial charge in [-0.1, -0.05) is 12.6 Å². The highest BCUT2D eigenvalue weighted by Gasteiger charge is 2.33. The fraction of sp³-hybridized carbons (Fsp3) is 0.385. The van der Waals surface area contributed by atoms with Crippen molar-refractivity contribution < 1.29 is 19.1 Å². The molecular weight excluding hydrogens is 508 g/mol. The number of ether oxygens (including phenoxy) is 2. The summed E-state index contributed by atoms with van der Waals surface area (Å²) in [6, 6.07) is 4.79. The quantitative estimate of drug-likeness (QED) is 0.351. The van der Waals surface area contributed by atoms with Gasteiger partial charge in [-0.3, -0.25) is 4.79 Å². The smallest absolute Gasteiger partial charge is 0.425 e. The van der Waals surface area contributed by atoms with Gasteiger partial charge in [0.2, 0.25) is 0 Å². The third kappa shape index (κ3) is 5.44. The number of aryl methyl sites for hydroxylation is 1. The van der Waals surface area contributed by atoms with Crippen LogP contribution in [0, 0.1) is 0 Å². The van der Waals surface area contributed by atoms with Crippen molar-refractivity contribution >= 4 is 56.7 Å². The van der Waals surface area contributed by atoms with Crippen LogP contribution in [0.4, 0.5) is 15.4 Å². The first-order valence-electron chi connectivity index (χ1n) is 11.9. The van der Waals surface area contributed by atoms with Gasteiger partial charge < -0.3 is 14.0 Å². The standard InChI is InChI=1S/C26H30N6O5S/c1-9-18-29-21-20(38-18)16-13-27-31(22(33)19(16)30(21)8)14-15-11-10-12-17(28-15)32(23(34)36-25(2,3)4)24(35)37-26(5,6)7/h9-13H,1,14H2,2-8H3. The van der Waals surface area contributed by atoms with Crippen LogP contribution in [0.1, 0.15) is 52.2 Å². The fourth-order valence-electron chi connectivity index (χ4n) is 3.72. The molecule has 0 spiro atoms. The van der Waals surface area contributed by atoms with E-state index < -0.39 is 23.4 Å². The van der Waals surface area contributed by atoms with Gasteiger partial charge in [0.15, 0.2) is 5.65 Å². The minimum atomic E-state index is -0.927. The van der Waals surface area contributed by atoms with Crippen LogP contribution in [-0.2, 0) is 23.1 Å². The second-order valence-corrected chi connectivity index (χ2v) is 11.7. The predicted octanol–water partition coefficient (Wildman–Crippen LogP) is 5.11. The number of hydrogen-bond donors (Lipinski definition) is 0. The van der Waals surface area contributed by atoms with Gasteiger partial charge >= 0.3 is 12.2 Å². The number of carbonyl (C=O) groups excluding carboxylic acids is 2. The summed E-state index contributed by atoms with van der Waals surface area (Å²) in [5, 5.41) is 5.82. The predicted molar refractivity (Wildman–Crippen MR) is 147 cm³/mol. The number of hydrogen-bond acceptors (Lipinski definition) is 9. The molecule has 4 aromatic heterocycles. The molecule has 4 rings (SSSR count). The maximum absolute atomic E-state index is 13.4. The van der Waals surface area contributed by atoms with E-state index in [0.29, 0.717) is 22.2 Å². The van der Waals surface area contributed by atoms with Gasteiger partial charge in [0, 0.05) is 12.4 Å². The maximum atomic E-state index is 13.4. The number of aromatic nitrogens is 5. The number of carbonyl (C=O) groups is 2. The zero-order chi connectivity index (χ0) is 28.0. The van der Waals surface area contributed by atoms with E-state index in [1.54, 1.807) is 77.6 Å². The normalized spacial score (nSPS) is 12.1. The lowest BCUT2D eigenvalue weighted by atomic mass is 10.2. The van der Waals surface area contributed by atoms with E-state index >= 15 is 0 Å². The molecule has 0 fully saturated rings. The molecule has 0 N–H and O–H groups in total. The molecule has 0 saturated heterocycles. The highest BCUT2D eigenvalue weighted by Crippen LogP contribution is 2.31. The number of rotatable bonds is 4. The molecule has 2 amide bonds. The summed E-state index contributed by atoms with van der Waals surface area (Å²) in [5.41, 5.74) is -0.487. The summed E-state index contributed by atoms with van der Waals surface area (Å²) in [6.45, 7) is 13.9. The maximum Gasteiger partial charge on any atom is 0.425 e. The molecule has 0 aliphatic rings. The molecule has 0 saturated carbocycles. The van der Waals surface area contributed by atoms with E-state index in [1.807, 2.05) is 0 Å². The Labute approximate surface area is 223 Å². The summed E-state index contributed by atoms with van der Waals surface area (Å²) in [6.07, 6.45) is 1.44. The van der Waals surface area contributed by atoms with Crippen molar-refractivity contribution in [2.24, 2.45) is 7.05 Å². The monoisotopic (exact) mass is 538 g/mol. The molecule has 38 heavy (non-hydrogen) atoms. The lowest BCUT2D eigenvalue weighted by Crippen LogP contribution is -2.44. The number of nitrogens with zero attached hydrogens (tertiary/aromatic N) is 6. The largest absolute Gasteiger partial charge is 0.443 e. The first-order chi connectivity index (χ1) is 17.7. The van der Waals surface area contributed by atoms with E-state index in [4.69, 9.17) is 9.47 Å². The average molecular weight is 539 g/mol. The zero-order valence-electron chi connectivity index (χ0n) is 22.4. The zero-order valence-corrected chi connectivity index (χ0v) is 23.3. The number of pyridine rings is 1. The molecule has 200 valence electrons. The molecule has 0 bridgehead atoms. The average Bonchev–Trinajstić information content (AvgIpc) is 3.32. The van der Waals surface area contributed by atoms with Crippen molar-refractivity contribution in [1.29, 1.82) is 0 Å². The molecule has 0 aromatic carbocycles. The van der Waals surface area contributed by atoms with Crippen LogP contribution in [0.15, 0.2) is 35.8 Å². The summed E-state index contributed by atoms with van der Waals surface area (Å²) >= 11 is 1.44. The molecule has 0 radical (unpaired) electrons. The molecule has 0 aliphatic heterocycles. The number of thiazole rings is 1. The SMILES string of the molecule is C=Cc1nc2c(s1)c1cnn(Cc3cccc(N(C(=O)OC(C)(C)C)C(=O)OC(C)(C)C)n3)c(=O)c1n2C. The highest BCUT2D eigenvalue weighted by atomic mass is 32.1. The minimum Gasteiger partial charge on any atom is -0.443 e. The van der Waals surface area contributed by atoms with Crippen molar-refractivity contribution in [3.8, 4) is 0 Å². The molecule has 4 aromatic rings. The highest BCUT2D eigenvalue weighted by molar-refractivity contribution is 7.20. The summed E-state index contributed by atoms with van der Waals surface area (Å²) in [4.78, 5) is 49.1. The van der Waals surface area contributed by atoms with Crippen LogP contribution in [0.2, 0.25) is 0 Å². The second-order valence-electron chi connectivity index (χ2n) is 10.6. The summed E-state index contributed by atoms with van der Waals surface area (Å²) in [7, 11) is 1.78. The molecule has 11 nitrogen and oxygen atoms in total. The van der Waals surface area contributed by atoms with Gasteiger partial charge in [0.05, 0.1) is 23.1 Å². The van der Waals surface area contributed by atoms with Crippen molar-refractivity contribution in [2.75, 3.05) is 4.90 Å². The number of fused-ring (bicyclic) bond motifs is 3. The molecule has 12 heteroatoms.